The third kappa shape index (κ3) is 31.8. The first-order chi connectivity index (χ1) is 30.2. The summed E-state index contributed by atoms with van der Waals surface area (Å²) >= 11 is 3.19. The van der Waals surface area contributed by atoms with E-state index in [1.807, 2.05) is 91.8 Å². The molecule has 376 valence electrons. The maximum atomic E-state index is 11.6. The van der Waals surface area contributed by atoms with Crippen LogP contribution >= 0.6 is 15.9 Å². The Hall–Kier alpha value is -5.69. The number of Topliss-reactive ketones (excluding diaryl/α,β-unsaturated/α-hetero) is 3. The normalized spacial score (nSPS) is 11.3. The number of alkyl halides is 4. The Labute approximate surface area is 400 Å². The summed E-state index contributed by atoms with van der Waals surface area (Å²) in [6.07, 6.45) is -5.98. The first-order valence-corrected chi connectivity index (χ1v) is 21.5. The number of nitrogens with one attached hydrogen (secondary N) is 2. The molecule has 0 atom stereocenters. The topological polar surface area (TPSA) is 230 Å². The highest BCUT2D eigenvalue weighted by molar-refractivity contribution is 9.10. The number of phenols is 1. The molecule has 0 heterocycles. The lowest BCUT2D eigenvalue weighted by molar-refractivity contribution is -0.192. The number of carbonyl (C=O) groups is 6. The summed E-state index contributed by atoms with van der Waals surface area (Å²) in [5.41, 5.74) is 5.72. The first kappa shape index (κ1) is 63.4. The number of rotatable bonds is 12. The molecule has 0 spiro atoms. The van der Waals surface area contributed by atoms with Gasteiger partial charge in [0.15, 0.2) is 22.8 Å². The molecule has 19 heteroatoms. The molecule has 67 heavy (non-hydrogen) atoms. The maximum Gasteiger partial charge on any atom is 0.490 e. The number of hydrogen-bond acceptors (Lipinski definition) is 12. The minimum absolute atomic E-state index is 0.00500. The van der Waals surface area contributed by atoms with E-state index in [1.54, 1.807) is 71.0 Å². The zero-order valence-corrected chi connectivity index (χ0v) is 42.7. The van der Waals surface area contributed by atoms with Gasteiger partial charge in [0.05, 0.1) is 4.32 Å². The Kier molecular flexibility index (Phi) is 26.3. The van der Waals surface area contributed by atoms with Crippen LogP contribution < -0.4 is 25.8 Å². The second-order valence-electron chi connectivity index (χ2n) is 18.0. The molecule has 0 bridgehead atoms. The van der Waals surface area contributed by atoms with Crippen LogP contribution in [-0.4, -0.2) is 78.6 Å². The number of hydrogen-bond donors (Lipinski definition) is 5. The van der Waals surface area contributed by atoms with Crippen molar-refractivity contribution < 1.29 is 71.1 Å². The summed E-state index contributed by atoms with van der Waals surface area (Å²) < 4.78 is 52.9. The summed E-state index contributed by atoms with van der Waals surface area (Å²) in [4.78, 5) is 64.9. The van der Waals surface area contributed by atoms with E-state index < -0.39 is 46.7 Å². The molecule has 0 radical (unpaired) electrons. The van der Waals surface area contributed by atoms with E-state index in [2.05, 4.69) is 26.6 Å². The van der Waals surface area contributed by atoms with Crippen LogP contribution in [0, 0.1) is 0 Å². The molecule has 2 amide bonds. The predicted octanol–water partition coefficient (Wildman–Crippen LogP) is 10.1. The number of phenolic OH excluding ortho intramolecular Hbond substituents is 1. The number of carbonyl (C=O) groups excluding carboxylic acids is 5. The molecule has 0 aliphatic heterocycles. The summed E-state index contributed by atoms with van der Waals surface area (Å²) in [5, 5.41) is 21.5. The summed E-state index contributed by atoms with van der Waals surface area (Å²) in [6.45, 7) is 27.4. The quantitative estimate of drug-likeness (QED) is 0.107. The van der Waals surface area contributed by atoms with Crippen molar-refractivity contribution in [3.8, 4) is 17.2 Å². The lowest BCUT2D eigenvalue weighted by Gasteiger charge is -2.23. The Morgan fingerprint density at radius 1 is 0.552 bits per heavy atom. The highest BCUT2D eigenvalue weighted by Gasteiger charge is 2.38. The highest BCUT2D eigenvalue weighted by Crippen LogP contribution is 2.21. The average molecular weight is 1020 g/mol. The van der Waals surface area contributed by atoms with E-state index in [-0.39, 0.29) is 27.4 Å². The molecule has 3 aromatic carbocycles. The molecule has 0 aliphatic rings. The average Bonchev–Trinajstić information content (AvgIpc) is 3.16. The van der Waals surface area contributed by atoms with Crippen molar-refractivity contribution in [2.24, 2.45) is 5.73 Å². The van der Waals surface area contributed by atoms with Gasteiger partial charge in [-0.2, -0.15) is 13.2 Å². The molecule has 0 aromatic heterocycles. The van der Waals surface area contributed by atoms with Crippen molar-refractivity contribution in [2.45, 2.75) is 156 Å². The predicted molar refractivity (Wildman–Crippen MR) is 253 cm³/mol. The van der Waals surface area contributed by atoms with Gasteiger partial charge in [0.2, 0.25) is 0 Å². The number of aliphatic carboxylic acids is 1. The first-order valence-electron chi connectivity index (χ1n) is 20.7. The third-order valence-corrected chi connectivity index (χ3v) is 8.77. The van der Waals surface area contributed by atoms with Crippen molar-refractivity contribution in [3.05, 3.63) is 89.5 Å². The molecule has 6 N–H and O–H groups in total. The number of alkyl carbamates (subject to hydrolysis) is 2. The molecular formula is C48H69BrF3N3O12. The van der Waals surface area contributed by atoms with Crippen LogP contribution in [0.2, 0.25) is 0 Å². The molecule has 0 aliphatic carbocycles. The summed E-state index contributed by atoms with van der Waals surface area (Å²) in [7, 11) is 0. The Morgan fingerprint density at radius 2 is 0.821 bits per heavy atom. The number of benzene rings is 3. The van der Waals surface area contributed by atoms with Gasteiger partial charge in [-0.15, -0.1) is 0 Å². The Balaban J connectivity index is 0. The van der Waals surface area contributed by atoms with E-state index in [1.165, 1.54) is 13.8 Å². The van der Waals surface area contributed by atoms with Crippen molar-refractivity contribution in [1.82, 2.24) is 10.6 Å². The van der Waals surface area contributed by atoms with Gasteiger partial charge in [-0.25, -0.2) is 14.4 Å². The fourth-order valence-corrected chi connectivity index (χ4v) is 3.69. The van der Waals surface area contributed by atoms with Crippen molar-refractivity contribution >= 4 is 51.4 Å². The smallest absolute Gasteiger partial charge is 0.490 e. The van der Waals surface area contributed by atoms with E-state index in [4.69, 9.17) is 39.7 Å². The fraction of sp³-hybridized carbons (Fsp3) is 0.500. The van der Waals surface area contributed by atoms with Crippen LogP contribution in [-0.2, 0) is 48.3 Å². The minimum atomic E-state index is -5.08. The molecular weight excluding hydrogens is 947 g/mol. The van der Waals surface area contributed by atoms with Gasteiger partial charge in [0, 0.05) is 19.6 Å². The Morgan fingerprint density at radius 3 is 1.04 bits per heavy atom. The highest BCUT2D eigenvalue weighted by atomic mass is 79.9. The van der Waals surface area contributed by atoms with Crippen molar-refractivity contribution in [3.63, 3.8) is 0 Å². The van der Waals surface area contributed by atoms with Gasteiger partial charge in [0.25, 0.3) is 0 Å². The molecule has 15 nitrogen and oxygen atoms in total. The van der Waals surface area contributed by atoms with Crippen LogP contribution in [0.1, 0.15) is 121 Å². The van der Waals surface area contributed by atoms with Gasteiger partial charge in [-0.1, -0.05) is 52.3 Å². The number of aromatic hydroxyl groups is 1. The van der Waals surface area contributed by atoms with Gasteiger partial charge >= 0.3 is 24.3 Å². The molecule has 3 rings (SSSR count). The zero-order valence-electron chi connectivity index (χ0n) is 41.1. The Bertz CT molecular complexity index is 2000. The molecule has 3 aromatic rings. The van der Waals surface area contributed by atoms with Gasteiger partial charge in [0.1, 0.15) is 34.2 Å². The van der Waals surface area contributed by atoms with E-state index in [0.29, 0.717) is 31.1 Å². The van der Waals surface area contributed by atoms with Gasteiger partial charge in [-0.3, -0.25) is 14.4 Å². The van der Waals surface area contributed by atoms with Gasteiger partial charge in [-0.05, 0) is 157 Å². The number of ether oxygens (including phenoxy) is 4. The van der Waals surface area contributed by atoms with Crippen LogP contribution in [0.5, 0.6) is 17.2 Å². The van der Waals surface area contributed by atoms with Gasteiger partial charge < -0.3 is 45.5 Å². The zero-order chi connectivity index (χ0) is 52.8. The van der Waals surface area contributed by atoms with Crippen LogP contribution in [0.15, 0.2) is 72.8 Å². The molecule has 0 unspecified atom stereocenters. The standard InChI is InChI=1S/C17H25NO4.C12H17NO3.C12H17NO2.C5H9BrO.C2HF3O2/c1-12(19)17(5,6)21-14-9-7-13(8-10-14)11-18-15(20)22-16(2,3)4;1-12(2,3)16-11(15)13-8-9-4-6-10(14)7-5-9;1-9(14)12(2,3)15-11-6-4-10(8-13)5-7-11;1-4(7)5(2,3)6;3-2(4,5)1(6)7/h7-10H,11H2,1-6H3,(H,18,20);4-7,14H,8H2,1-3H3,(H,13,15);4-7H,8,13H2,1-3H3;1-3H3;(H,6,7). The van der Waals surface area contributed by atoms with Crippen molar-refractivity contribution in [1.29, 1.82) is 0 Å². The maximum absolute atomic E-state index is 11.6. The summed E-state index contributed by atoms with van der Waals surface area (Å²) in [6, 6.07) is 21.3. The fourth-order valence-electron chi connectivity index (χ4n) is 3.69. The SMILES string of the molecule is CC(=O)C(C)(C)Br.CC(=O)C(C)(C)Oc1ccc(CN)cc1.CC(=O)C(C)(C)Oc1ccc(CNC(=O)OC(C)(C)C)cc1.CC(C)(C)OC(=O)NCc1ccc(O)cc1.O=C(O)C(F)(F)F. The van der Waals surface area contributed by atoms with Crippen LogP contribution in [0.3, 0.4) is 0 Å². The minimum Gasteiger partial charge on any atom is -0.508 e. The lowest BCUT2D eigenvalue weighted by atomic mass is 10.1. The number of ketones is 3. The van der Waals surface area contributed by atoms with E-state index in [9.17, 15) is 37.1 Å². The molecule has 0 saturated carbocycles. The lowest BCUT2D eigenvalue weighted by Crippen LogP contribution is -2.36. The van der Waals surface area contributed by atoms with E-state index >= 15 is 0 Å². The van der Waals surface area contributed by atoms with Crippen LogP contribution in [0.4, 0.5) is 22.8 Å². The summed E-state index contributed by atoms with van der Waals surface area (Å²) in [5.74, 6) is -1.12. The number of carboxylic acids is 1. The van der Waals surface area contributed by atoms with Crippen LogP contribution in [0.25, 0.3) is 0 Å². The molecule has 0 saturated heterocycles. The van der Waals surface area contributed by atoms with E-state index in [0.717, 1.165) is 16.7 Å². The largest absolute Gasteiger partial charge is 0.508 e. The third-order valence-electron chi connectivity index (χ3n) is 8.21. The number of amides is 2. The number of nitrogens with two attached hydrogens (primary N) is 1. The number of halogens is 4. The number of carboxylic acid groups (broad SMARTS) is 1. The monoisotopic (exact) mass is 1020 g/mol. The van der Waals surface area contributed by atoms with Crippen molar-refractivity contribution in [2.75, 3.05) is 0 Å². The second kappa shape index (κ2) is 27.8. The molecule has 0 fully saturated rings. The second-order valence-corrected chi connectivity index (χ2v) is 20.0.